The zero-order valence-electron chi connectivity index (χ0n) is 11.5. The van der Waals surface area contributed by atoms with Crippen molar-refractivity contribution in [2.45, 2.75) is 26.7 Å². The van der Waals surface area contributed by atoms with Gasteiger partial charge in [0.05, 0.1) is 20.6 Å². The minimum atomic E-state index is 0.0344. The maximum atomic E-state index is 11.7. The molecule has 1 N–H and O–H groups in total. The minimum absolute atomic E-state index is 0.0344. The lowest BCUT2D eigenvalue weighted by atomic mass is 10.0. The van der Waals surface area contributed by atoms with Crippen LogP contribution in [0.4, 0.5) is 0 Å². The molecule has 0 radical (unpaired) electrons. The first kappa shape index (κ1) is 14.4. The number of ether oxygens (including phenoxy) is 2. The van der Waals surface area contributed by atoms with Crippen LogP contribution in [-0.2, 0) is 11.2 Å². The topological polar surface area (TPSA) is 47.6 Å². The van der Waals surface area contributed by atoms with Crippen LogP contribution < -0.4 is 14.8 Å². The zero-order valence-corrected chi connectivity index (χ0v) is 11.5. The van der Waals surface area contributed by atoms with Crippen LogP contribution in [0.5, 0.6) is 11.5 Å². The number of aryl methyl sites for hydroxylation is 1. The smallest absolute Gasteiger partial charge is 0.224 e. The van der Waals surface area contributed by atoms with Gasteiger partial charge in [-0.25, -0.2) is 0 Å². The SMILES string of the molecule is CCCNC(=O)Cc1cc(OC)c(OC)cc1C. The number of hydrogen-bond acceptors (Lipinski definition) is 3. The molecule has 1 rings (SSSR count). The summed E-state index contributed by atoms with van der Waals surface area (Å²) in [5, 5.41) is 2.86. The normalized spacial score (nSPS) is 10.0. The third-order valence-corrected chi connectivity index (χ3v) is 2.77. The van der Waals surface area contributed by atoms with Gasteiger partial charge in [0.25, 0.3) is 0 Å². The number of hydrogen-bond donors (Lipinski definition) is 1. The maximum absolute atomic E-state index is 11.7. The molecule has 1 aromatic rings. The van der Waals surface area contributed by atoms with Gasteiger partial charge in [-0.05, 0) is 36.6 Å². The van der Waals surface area contributed by atoms with Crippen molar-refractivity contribution in [2.24, 2.45) is 0 Å². The summed E-state index contributed by atoms with van der Waals surface area (Å²) in [5.74, 6) is 1.38. The molecule has 0 bridgehead atoms. The molecule has 0 aliphatic rings. The molecule has 0 saturated carbocycles. The van der Waals surface area contributed by atoms with E-state index in [9.17, 15) is 4.79 Å². The number of carbonyl (C=O) groups is 1. The Morgan fingerprint density at radius 2 is 1.83 bits per heavy atom. The van der Waals surface area contributed by atoms with E-state index in [0.29, 0.717) is 24.5 Å². The van der Waals surface area contributed by atoms with Gasteiger partial charge >= 0.3 is 0 Å². The van der Waals surface area contributed by atoms with Gasteiger partial charge in [-0.2, -0.15) is 0 Å². The molecule has 0 atom stereocenters. The predicted octanol–water partition coefficient (Wildman–Crippen LogP) is 2.08. The number of rotatable bonds is 6. The Morgan fingerprint density at radius 1 is 1.22 bits per heavy atom. The van der Waals surface area contributed by atoms with Crippen molar-refractivity contribution in [1.82, 2.24) is 5.32 Å². The number of amides is 1. The monoisotopic (exact) mass is 251 g/mol. The van der Waals surface area contributed by atoms with Crippen molar-refractivity contribution in [1.29, 1.82) is 0 Å². The van der Waals surface area contributed by atoms with Gasteiger partial charge in [-0.3, -0.25) is 4.79 Å². The van der Waals surface area contributed by atoms with Crippen molar-refractivity contribution < 1.29 is 14.3 Å². The van der Waals surface area contributed by atoms with Gasteiger partial charge in [-0.1, -0.05) is 6.92 Å². The summed E-state index contributed by atoms with van der Waals surface area (Å²) in [6, 6.07) is 3.75. The van der Waals surface area contributed by atoms with Gasteiger partial charge in [0, 0.05) is 6.54 Å². The van der Waals surface area contributed by atoms with Crippen molar-refractivity contribution in [3.8, 4) is 11.5 Å². The molecule has 4 nitrogen and oxygen atoms in total. The molecular weight excluding hydrogens is 230 g/mol. The molecule has 100 valence electrons. The molecule has 1 aromatic carbocycles. The standard InChI is InChI=1S/C14H21NO3/c1-5-6-15-14(16)9-11-8-13(18-4)12(17-3)7-10(11)2/h7-8H,5-6,9H2,1-4H3,(H,15,16). The van der Waals surface area contributed by atoms with Crippen LogP contribution in [0.15, 0.2) is 12.1 Å². The van der Waals surface area contributed by atoms with E-state index in [4.69, 9.17) is 9.47 Å². The lowest BCUT2D eigenvalue weighted by Gasteiger charge is -2.12. The number of methoxy groups -OCH3 is 2. The molecule has 0 spiro atoms. The van der Waals surface area contributed by atoms with Crippen molar-refractivity contribution in [3.63, 3.8) is 0 Å². The molecule has 0 fully saturated rings. The molecule has 0 aliphatic heterocycles. The van der Waals surface area contributed by atoms with E-state index in [1.54, 1.807) is 14.2 Å². The largest absolute Gasteiger partial charge is 0.493 e. The second-order valence-corrected chi connectivity index (χ2v) is 4.16. The Hall–Kier alpha value is -1.71. The Balaban J connectivity index is 2.85. The lowest BCUT2D eigenvalue weighted by molar-refractivity contribution is -0.120. The van der Waals surface area contributed by atoms with Crippen LogP contribution in [0.2, 0.25) is 0 Å². The van der Waals surface area contributed by atoms with Gasteiger partial charge in [0.2, 0.25) is 5.91 Å². The zero-order chi connectivity index (χ0) is 13.5. The van der Waals surface area contributed by atoms with Crippen molar-refractivity contribution >= 4 is 5.91 Å². The third-order valence-electron chi connectivity index (χ3n) is 2.77. The summed E-state index contributed by atoms with van der Waals surface area (Å²) in [7, 11) is 3.19. The lowest BCUT2D eigenvalue weighted by Crippen LogP contribution is -2.25. The molecule has 0 heterocycles. The van der Waals surface area contributed by atoms with E-state index in [-0.39, 0.29) is 5.91 Å². The van der Waals surface area contributed by atoms with Crippen LogP contribution >= 0.6 is 0 Å². The van der Waals surface area contributed by atoms with Gasteiger partial charge in [0.1, 0.15) is 0 Å². The first-order chi connectivity index (χ1) is 8.62. The van der Waals surface area contributed by atoms with Crippen LogP contribution in [0, 0.1) is 6.92 Å². The number of carbonyl (C=O) groups excluding carboxylic acids is 1. The van der Waals surface area contributed by atoms with E-state index in [1.165, 1.54) is 0 Å². The maximum Gasteiger partial charge on any atom is 0.224 e. The van der Waals surface area contributed by atoms with E-state index < -0.39 is 0 Å². The highest BCUT2D eigenvalue weighted by atomic mass is 16.5. The van der Waals surface area contributed by atoms with Gasteiger partial charge < -0.3 is 14.8 Å². The van der Waals surface area contributed by atoms with E-state index in [0.717, 1.165) is 17.5 Å². The highest BCUT2D eigenvalue weighted by Gasteiger charge is 2.11. The second-order valence-electron chi connectivity index (χ2n) is 4.16. The highest BCUT2D eigenvalue weighted by Crippen LogP contribution is 2.30. The number of nitrogens with one attached hydrogen (secondary N) is 1. The first-order valence-corrected chi connectivity index (χ1v) is 6.10. The molecule has 0 saturated heterocycles. The van der Waals surface area contributed by atoms with Crippen LogP contribution in [0.1, 0.15) is 24.5 Å². The van der Waals surface area contributed by atoms with Gasteiger partial charge in [-0.15, -0.1) is 0 Å². The average molecular weight is 251 g/mol. The molecule has 0 unspecified atom stereocenters. The quantitative estimate of drug-likeness (QED) is 0.842. The Bertz CT molecular complexity index is 416. The van der Waals surface area contributed by atoms with Crippen LogP contribution in [-0.4, -0.2) is 26.7 Å². The molecular formula is C14H21NO3. The molecule has 1 amide bonds. The second kappa shape index (κ2) is 6.89. The average Bonchev–Trinajstić information content (AvgIpc) is 2.38. The molecule has 4 heteroatoms. The number of benzene rings is 1. The molecule has 0 aliphatic carbocycles. The summed E-state index contributed by atoms with van der Waals surface area (Å²) >= 11 is 0. The van der Waals surface area contributed by atoms with Crippen molar-refractivity contribution in [2.75, 3.05) is 20.8 Å². The first-order valence-electron chi connectivity index (χ1n) is 6.10. The summed E-state index contributed by atoms with van der Waals surface area (Å²) in [5.41, 5.74) is 1.99. The van der Waals surface area contributed by atoms with E-state index >= 15 is 0 Å². The summed E-state index contributed by atoms with van der Waals surface area (Å²) < 4.78 is 10.5. The third kappa shape index (κ3) is 3.65. The van der Waals surface area contributed by atoms with E-state index in [2.05, 4.69) is 5.32 Å². The molecule has 18 heavy (non-hydrogen) atoms. The fourth-order valence-electron chi connectivity index (χ4n) is 1.71. The van der Waals surface area contributed by atoms with E-state index in [1.807, 2.05) is 26.0 Å². The van der Waals surface area contributed by atoms with Crippen LogP contribution in [0.3, 0.4) is 0 Å². The fourth-order valence-corrected chi connectivity index (χ4v) is 1.71. The molecule has 0 aromatic heterocycles. The Kier molecular flexibility index (Phi) is 5.49. The summed E-state index contributed by atoms with van der Waals surface area (Å²) in [4.78, 5) is 11.7. The van der Waals surface area contributed by atoms with Gasteiger partial charge in [0.15, 0.2) is 11.5 Å². The minimum Gasteiger partial charge on any atom is -0.493 e. The van der Waals surface area contributed by atoms with Crippen molar-refractivity contribution in [3.05, 3.63) is 23.3 Å². The van der Waals surface area contributed by atoms with Crippen LogP contribution in [0.25, 0.3) is 0 Å². The highest BCUT2D eigenvalue weighted by molar-refractivity contribution is 5.79. The Labute approximate surface area is 108 Å². The summed E-state index contributed by atoms with van der Waals surface area (Å²) in [6.45, 7) is 4.71. The fraction of sp³-hybridized carbons (Fsp3) is 0.500. The Morgan fingerprint density at radius 3 is 2.39 bits per heavy atom. The summed E-state index contributed by atoms with van der Waals surface area (Å²) in [6.07, 6.45) is 1.31. The predicted molar refractivity (Wildman–Crippen MR) is 71.3 cm³/mol.